The van der Waals surface area contributed by atoms with Crippen molar-refractivity contribution in [2.75, 3.05) is 10.0 Å². The Hall–Kier alpha value is -2.97. The molecule has 0 unspecified atom stereocenters. The number of hydrogen-bond acceptors (Lipinski definition) is 6. The van der Waals surface area contributed by atoms with Crippen molar-refractivity contribution in [3.63, 3.8) is 0 Å². The van der Waals surface area contributed by atoms with Gasteiger partial charge >= 0.3 is 5.97 Å². The number of carboxylic acids is 1. The minimum absolute atomic E-state index is 0.0661. The second-order valence-corrected chi connectivity index (χ2v) is 8.38. The molecule has 0 saturated carbocycles. The molecule has 154 valence electrons. The van der Waals surface area contributed by atoms with Crippen LogP contribution >= 0.6 is 24.2 Å². The molecule has 8 heteroatoms. The van der Waals surface area contributed by atoms with Crippen LogP contribution in [-0.2, 0) is 19.3 Å². The summed E-state index contributed by atoms with van der Waals surface area (Å²) in [6, 6.07) is 10.4. The lowest BCUT2D eigenvalue weighted by atomic mass is 9.86. The van der Waals surface area contributed by atoms with Gasteiger partial charge in [0.15, 0.2) is 0 Å². The number of phenolic OH excluding ortho intramolecular Hbond substituents is 1. The van der Waals surface area contributed by atoms with Gasteiger partial charge in [-0.25, -0.2) is 4.79 Å². The number of phenols is 1. The predicted octanol–water partition coefficient (Wildman–Crippen LogP) is 4.99. The van der Waals surface area contributed by atoms with Crippen LogP contribution in [0.1, 0.15) is 43.6 Å². The molecule has 0 bridgehead atoms. The van der Waals surface area contributed by atoms with E-state index < -0.39 is 11.9 Å². The maximum atomic E-state index is 12.8. The average Bonchev–Trinajstić information content (AvgIpc) is 3.12. The molecule has 4 N–H and O–H groups in total. The molecule has 1 aliphatic rings. The van der Waals surface area contributed by atoms with E-state index in [2.05, 4.69) is 22.9 Å². The third-order valence-corrected chi connectivity index (χ3v) is 6.68. The highest BCUT2D eigenvalue weighted by atomic mass is 32.1. The lowest BCUT2D eigenvalue weighted by Gasteiger charge is -2.19. The number of carboxylic acid groups (broad SMARTS) is 1. The monoisotopic (exact) mass is 440 g/mol. The first kappa shape index (κ1) is 20.3. The van der Waals surface area contributed by atoms with Crippen molar-refractivity contribution >= 4 is 46.7 Å². The van der Waals surface area contributed by atoms with Crippen molar-refractivity contribution in [3.8, 4) is 16.9 Å². The largest absolute Gasteiger partial charge is 0.508 e. The highest BCUT2D eigenvalue weighted by Gasteiger charge is 2.30. The van der Waals surface area contributed by atoms with Crippen LogP contribution in [0, 0.1) is 0 Å². The van der Waals surface area contributed by atoms with E-state index in [1.54, 1.807) is 30.3 Å². The van der Waals surface area contributed by atoms with E-state index in [1.165, 1.54) is 11.3 Å². The number of aromatic carboxylic acids is 1. The second kappa shape index (κ2) is 8.04. The quantitative estimate of drug-likeness (QED) is 0.360. The molecule has 0 aliphatic heterocycles. The zero-order valence-electron chi connectivity index (χ0n) is 16.2. The van der Waals surface area contributed by atoms with Crippen LogP contribution in [0.2, 0.25) is 0 Å². The molecule has 6 nitrogen and oxygen atoms in total. The van der Waals surface area contributed by atoms with Crippen molar-refractivity contribution in [1.82, 2.24) is 0 Å². The summed E-state index contributed by atoms with van der Waals surface area (Å²) >= 11 is 5.27. The maximum absolute atomic E-state index is 12.8. The van der Waals surface area contributed by atoms with Crippen molar-refractivity contribution in [2.24, 2.45) is 0 Å². The van der Waals surface area contributed by atoms with E-state index in [-0.39, 0.29) is 11.3 Å². The first-order chi connectivity index (χ1) is 14.4. The zero-order chi connectivity index (χ0) is 21.4. The Kier molecular flexibility index (Phi) is 5.44. The highest BCUT2D eigenvalue weighted by Crippen LogP contribution is 2.46. The Labute approximate surface area is 183 Å². The van der Waals surface area contributed by atoms with Gasteiger partial charge in [-0.15, -0.1) is 11.3 Å². The molecule has 4 rings (SSSR count). The minimum Gasteiger partial charge on any atom is -0.508 e. The third-order valence-electron chi connectivity index (χ3n) is 5.25. The Morgan fingerprint density at radius 3 is 2.70 bits per heavy atom. The van der Waals surface area contributed by atoms with E-state index in [0.29, 0.717) is 34.7 Å². The summed E-state index contributed by atoms with van der Waals surface area (Å²) in [6.45, 7) is 1.97. The first-order valence-electron chi connectivity index (χ1n) is 9.48. The number of fused-ring (bicyclic) bond motifs is 3. The summed E-state index contributed by atoms with van der Waals surface area (Å²) in [4.78, 5) is 25.8. The van der Waals surface area contributed by atoms with Crippen LogP contribution in [0.4, 0.5) is 10.7 Å². The van der Waals surface area contributed by atoms with E-state index in [9.17, 15) is 19.8 Å². The number of thiophene rings is 1. The van der Waals surface area contributed by atoms with Crippen molar-refractivity contribution < 1.29 is 19.8 Å². The number of aryl methyl sites for hydroxylation is 3. The van der Waals surface area contributed by atoms with Gasteiger partial charge in [-0.2, -0.15) is 0 Å². The van der Waals surface area contributed by atoms with Gasteiger partial charge in [-0.05, 0) is 60.2 Å². The Bertz CT molecular complexity index is 1170. The molecule has 0 spiro atoms. The summed E-state index contributed by atoms with van der Waals surface area (Å²) in [7, 11) is 0. The molecule has 1 aromatic heterocycles. The minimum atomic E-state index is -1.11. The fourth-order valence-corrected chi connectivity index (χ4v) is 5.13. The standard InChI is InChI=1S/C22H20N2O4S2/c1-2-11-8-12-6-7-17-18(15(12)10-16(11)25)19(22(27)28)21(30-17)23-20(26)13-4-3-5-14(9-13)24-29/h3-5,8-10,24-25,29H,2,6-7H2,1H3,(H,23,26)(H,27,28). The van der Waals surface area contributed by atoms with Crippen LogP contribution in [0.5, 0.6) is 5.75 Å². The van der Waals surface area contributed by atoms with E-state index >= 15 is 0 Å². The fourth-order valence-electron chi connectivity index (χ4n) is 3.79. The van der Waals surface area contributed by atoms with Crippen molar-refractivity contribution in [3.05, 3.63) is 63.5 Å². The van der Waals surface area contributed by atoms with Gasteiger partial charge in [0, 0.05) is 21.7 Å². The Balaban J connectivity index is 1.78. The molecule has 0 saturated heterocycles. The molecular formula is C22H20N2O4S2. The number of nitrogens with one attached hydrogen (secondary N) is 2. The number of rotatable bonds is 5. The van der Waals surface area contributed by atoms with E-state index in [0.717, 1.165) is 28.0 Å². The van der Waals surface area contributed by atoms with Gasteiger partial charge in [-0.1, -0.05) is 31.9 Å². The summed E-state index contributed by atoms with van der Waals surface area (Å²) in [6.07, 6.45) is 2.15. The molecule has 3 aromatic rings. The molecular weight excluding hydrogens is 420 g/mol. The average molecular weight is 441 g/mol. The van der Waals surface area contributed by atoms with Gasteiger partial charge in [0.25, 0.3) is 5.91 Å². The maximum Gasteiger partial charge on any atom is 0.339 e. The number of carbonyl (C=O) groups excluding carboxylic acids is 1. The second-order valence-electron chi connectivity index (χ2n) is 7.05. The molecule has 1 heterocycles. The number of benzene rings is 2. The lowest BCUT2D eigenvalue weighted by molar-refractivity contribution is 0.0699. The third kappa shape index (κ3) is 3.53. The van der Waals surface area contributed by atoms with Crippen LogP contribution in [0.25, 0.3) is 11.1 Å². The van der Waals surface area contributed by atoms with E-state index in [4.69, 9.17) is 0 Å². The van der Waals surface area contributed by atoms with Crippen molar-refractivity contribution in [1.29, 1.82) is 0 Å². The lowest BCUT2D eigenvalue weighted by Crippen LogP contribution is -2.14. The highest BCUT2D eigenvalue weighted by molar-refractivity contribution is 7.81. The van der Waals surface area contributed by atoms with Crippen LogP contribution < -0.4 is 10.0 Å². The van der Waals surface area contributed by atoms with Gasteiger partial charge in [0.2, 0.25) is 0 Å². The fraction of sp³-hybridized carbons (Fsp3) is 0.182. The SMILES string of the molecule is CCc1cc2c(cc1O)-c1c(sc(NC(=O)c3cccc(NS)c3)c1C(=O)O)CC2. The van der Waals surface area contributed by atoms with Crippen LogP contribution in [-0.4, -0.2) is 22.1 Å². The summed E-state index contributed by atoms with van der Waals surface area (Å²) in [5.74, 6) is -1.35. The number of carbonyl (C=O) groups is 2. The van der Waals surface area contributed by atoms with E-state index in [1.807, 2.05) is 13.0 Å². The molecule has 1 aliphatic carbocycles. The summed E-state index contributed by atoms with van der Waals surface area (Å²) in [5.41, 5.74) is 4.29. The summed E-state index contributed by atoms with van der Waals surface area (Å²) < 4.78 is 2.68. The smallest absolute Gasteiger partial charge is 0.339 e. The van der Waals surface area contributed by atoms with Crippen LogP contribution in [0.3, 0.4) is 0 Å². The normalized spacial score (nSPS) is 12.1. The first-order valence-corrected chi connectivity index (χ1v) is 10.7. The Morgan fingerprint density at radius 1 is 1.20 bits per heavy atom. The van der Waals surface area contributed by atoms with Gasteiger partial charge in [-0.3, -0.25) is 4.79 Å². The molecule has 0 atom stereocenters. The molecule has 0 radical (unpaired) electrons. The molecule has 1 amide bonds. The number of aromatic hydroxyl groups is 1. The van der Waals surface area contributed by atoms with Crippen LogP contribution in [0.15, 0.2) is 36.4 Å². The van der Waals surface area contributed by atoms with Gasteiger partial charge in [0.05, 0.1) is 0 Å². The van der Waals surface area contributed by atoms with Gasteiger partial charge in [0.1, 0.15) is 16.3 Å². The molecule has 30 heavy (non-hydrogen) atoms. The zero-order valence-corrected chi connectivity index (χ0v) is 17.9. The number of amides is 1. The topological polar surface area (TPSA) is 98.7 Å². The Morgan fingerprint density at radius 2 is 2.00 bits per heavy atom. The summed E-state index contributed by atoms with van der Waals surface area (Å²) in [5, 5.41) is 23.4. The van der Waals surface area contributed by atoms with Crippen molar-refractivity contribution in [2.45, 2.75) is 26.2 Å². The molecule has 0 fully saturated rings. The van der Waals surface area contributed by atoms with Gasteiger partial charge < -0.3 is 20.3 Å². The number of hydrogen-bond donors (Lipinski definition) is 5. The number of thiol groups is 1. The number of anilines is 2. The predicted molar refractivity (Wildman–Crippen MR) is 122 cm³/mol. The molecule has 2 aromatic carbocycles.